The highest BCUT2D eigenvalue weighted by atomic mass is 19.3. The van der Waals surface area contributed by atoms with Crippen LogP contribution in [0, 0.1) is 0 Å². The van der Waals surface area contributed by atoms with E-state index < -0.39 is 18.8 Å². The quantitative estimate of drug-likeness (QED) is 0.613. The maximum absolute atomic E-state index is 11.9. The van der Waals surface area contributed by atoms with E-state index in [1.165, 1.54) is 7.05 Å². The van der Waals surface area contributed by atoms with Crippen LogP contribution in [0.5, 0.6) is 0 Å². The first kappa shape index (κ1) is 9.68. The van der Waals surface area contributed by atoms with E-state index in [-0.39, 0.29) is 6.54 Å². The van der Waals surface area contributed by atoms with Gasteiger partial charge in [0.2, 0.25) is 0 Å². The van der Waals surface area contributed by atoms with Crippen molar-refractivity contribution in [3.05, 3.63) is 0 Å². The molecule has 0 radical (unpaired) electrons. The van der Waals surface area contributed by atoms with Crippen molar-refractivity contribution in [3.63, 3.8) is 0 Å². The molecule has 0 atom stereocenters. The average Bonchev–Trinajstić information content (AvgIpc) is 1.84. The molecule has 0 aliphatic rings. The van der Waals surface area contributed by atoms with Crippen LogP contribution in [-0.4, -0.2) is 25.9 Å². The third kappa shape index (κ3) is 3.00. The smallest absolute Gasteiger partial charge is 0.308 e. The van der Waals surface area contributed by atoms with E-state index in [1.807, 2.05) is 0 Å². The zero-order valence-electron chi connectivity index (χ0n) is 5.50. The topological polar surface area (TPSA) is 12.0 Å². The van der Waals surface area contributed by atoms with Crippen LogP contribution < -0.4 is 5.32 Å². The number of alkyl halides is 4. The molecule has 0 aliphatic heterocycles. The van der Waals surface area contributed by atoms with Gasteiger partial charge in [-0.25, -0.2) is 17.6 Å². The van der Waals surface area contributed by atoms with Crippen LogP contribution in [-0.2, 0) is 0 Å². The molecule has 0 rings (SSSR count). The van der Waals surface area contributed by atoms with Gasteiger partial charge >= 0.3 is 12.3 Å². The van der Waals surface area contributed by atoms with Crippen LogP contribution in [0.3, 0.4) is 0 Å². The number of hydrogen-bond acceptors (Lipinski definition) is 1. The molecule has 1 N–H and O–H groups in total. The van der Waals surface area contributed by atoms with Crippen molar-refractivity contribution in [2.75, 3.05) is 13.6 Å². The van der Waals surface area contributed by atoms with Gasteiger partial charge < -0.3 is 5.32 Å². The Bertz CT molecular complexity index is 93.6. The zero-order chi connectivity index (χ0) is 8.20. The van der Waals surface area contributed by atoms with E-state index >= 15 is 0 Å². The molecule has 0 saturated heterocycles. The Morgan fingerprint density at radius 2 is 1.90 bits per heavy atom. The van der Waals surface area contributed by atoms with Gasteiger partial charge in [0.25, 0.3) is 0 Å². The van der Waals surface area contributed by atoms with Gasteiger partial charge in [0, 0.05) is 13.0 Å². The van der Waals surface area contributed by atoms with E-state index in [4.69, 9.17) is 0 Å². The summed E-state index contributed by atoms with van der Waals surface area (Å²) in [6.45, 7) is -0.0999. The lowest BCUT2D eigenvalue weighted by molar-refractivity contribution is -0.131. The van der Waals surface area contributed by atoms with Crippen molar-refractivity contribution in [1.29, 1.82) is 0 Å². The third-order valence-corrected chi connectivity index (χ3v) is 1.03. The van der Waals surface area contributed by atoms with Crippen LogP contribution in [0.15, 0.2) is 0 Å². The van der Waals surface area contributed by atoms with Gasteiger partial charge in [-0.2, -0.15) is 0 Å². The highest BCUT2D eigenvalue weighted by Gasteiger charge is 2.39. The first-order chi connectivity index (χ1) is 4.50. The van der Waals surface area contributed by atoms with Crippen molar-refractivity contribution < 1.29 is 17.6 Å². The van der Waals surface area contributed by atoms with Crippen molar-refractivity contribution in [1.82, 2.24) is 5.32 Å². The molecular weight excluding hydrogens is 150 g/mol. The molecule has 0 amide bonds. The van der Waals surface area contributed by atoms with E-state index in [9.17, 15) is 17.6 Å². The Labute approximate surface area is 56.4 Å². The molecule has 0 aromatic heterocycles. The van der Waals surface area contributed by atoms with Crippen LogP contribution in [0.4, 0.5) is 17.6 Å². The fraction of sp³-hybridized carbons (Fsp3) is 1.00. The standard InChI is InChI=1S/C5H9F4N/c1-10-3-2-5(8,9)4(6)7/h4,10H,2-3H2,1H3. The molecule has 0 unspecified atom stereocenters. The molecule has 0 aliphatic carbocycles. The maximum Gasteiger partial charge on any atom is 0.308 e. The van der Waals surface area contributed by atoms with Gasteiger partial charge in [0.15, 0.2) is 0 Å². The molecule has 0 saturated carbocycles. The molecule has 1 nitrogen and oxygen atoms in total. The summed E-state index contributed by atoms with van der Waals surface area (Å²) >= 11 is 0. The van der Waals surface area contributed by atoms with Gasteiger partial charge in [-0.3, -0.25) is 0 Å². The predicted molar refractivity (Wildman–Crippen MR) is 29.5 cm³/mol. The van der Waals surface area contributed by atoms with Crippen molar-refractivity contribution >= 4 is 0 Å². The third-order valence-electron chi connectivity index (χ3n) is 1.03. The van der Waals surface area contributed by atoms with Gasteiger partial charge in [-0.1, -0.05) is 0 Å². The van der Waals surface area contributed by atoms with Crippen LogP contribution in [0.25, 0.3) is 0 Å². The fourth-order valence-electron chi connectivity index (χ4n) is 0.401. The summed E-state index contributed by atoms with van der Waals surface area (Å²) in [5, 5.41) is 2.37. The Morgan fingerprint density at radius 1 is 1.40 bits per heavy atom. The molecule has 10 heavy (non-hydrogen) atoms. The van der Waals surface area contributed by atoms with E-state index in [1.54, 1.807) is 0 Å². The largest absolute Gasteiger partial charge is 0.320 e. The normalized spacial score (nSPS) is 12.6. The molecule has 0 spiro atoms. The number of rotatable bonds is 4. The lowest BCUT2D eigenvalue weighted by Gasteiger charge is -2.13. The van der Waals surface area contributed by atoms with Crippen LogP contribution in [0.2, 0.25) is 0 Å². The predicted octanol–water partition coefficient (Wildman–Crippen LogP) is 1.50. The Balaban J connectivity index is 3.63. The summed E-state index contributed by atoms with van der Waals surface area (Å²) in [5.74, 6) is -3.84. The molecule has 0 bridgehead atoms. The summed E-state index contributed by atoms with van der Waals surface area (Å²) in [7, 11) is 1.43. The summed E-state index contributed by atoms with van der Waals surface area (Å²) in [4.78, 5) is 0. The van der Waals surface area contributed by atoms with E-state index in [0.717, 1.165) is 0 Å². The second-order valence-electron chi connectivity index (χ2n) is 1.92. The molecule has 0 heterocycles. The lowest BCUT2D eigenvalue weighted by atomic mass is 10.2. The minimum Gasteiger partial charge on any atom is -0.320 e. The highest BCUT2D eigenvalue weighted by Crippen LogP contribution is 2.25. The Morgan fingerprint density at radius 3 is 2.20 bits per heavy atom. The number of nitrogens with one attached hydrogen (secondary N) is 1. The van der Waals surface area contributed by atoms with Gasteiger partial charge in [0.1, 0.15) is 0 Å². The summed E-state index contributed by atoms with van der Waals surface area (Å²) < 4.78 is 46.6. The van der Waals surface area contributed by atoms with Crippen molar-refractivity contribution in [3.8, 4) is 0 Å². The van der Waals surface area contributed by atoms with E-state index in [2.05, 4.69) is 5.32 Å². The minimum absolute atomic E-state index is 0.0999. The van der Waals surface area contributed by atoms with Crippen molar-refractivity contribution in [2.45, 2.75) is 18.8 Å². The Kier molecular flexibility index (Phi) is 3.63. The number of hydrogen-bond donors (Lipinski definition) is 1. The monoisotopic (exact) mass is 159 g/mol. The lowest BCUT2D eigenvalue weighted by Crippen LogP contribution is -2.30. The molecule has 62 valence electrons. The summed E-state index contributed by atoms with van der Waals surface area (Å²) in [5.41, 5.74) is 0. The average molecular weight is 159 g/mol. The van der Waals surface area contributed by atoms with Crippen molar-refractivity contribution in [2.24, 2.45) is 0 Å². The molecule has 0 fully saturated rings. The van der Waals surface area contributed by atoms with Crippen LogP contribution >= 0.6 is 0 Å². The summed E-state index contributed by atoms with van der Waals surface area (Å²) in [6.07, 6.45) is -4.37. The van der Waals surface area contributed by atoms with Gasteiger partial charge in [-0.15, -0.1) is 0 Å². The second-order valence-corrected chi connectivity index (χ2v) is 1.92. The minimum atomic E-state index is -3.84. The van der Waals surface area contributed by atoms with E-state index in [0.29, 0.717) is 0 Å². The maximum atomic E-state index is 11.9. The second kappa shape index (κ2) is 3.75. The first-order valence-corrected chi connectivity index (χ1v) is 2.81. The molecule has 0 aromatic rings. The molecular formula is C5H9F4N. The zero-order valence-corrected chi connectivity index (χ0v) is 5.50. The first-order valence-electron chi connectivity index (χ1n) is 2.81. The Hall–Kier alpha value is -0.320. The van der Waals surface area contributed by atoms with Gasteiger partial charge in [0.05, 0.1) is 0 Å². The summed E-state index contributed by atoms with van der Waals surface area (Å²) in [6, 6.07) is 0. The highest BCUT2D eigenvalue weighted by molar-refractivity contribution is 4.69. The molecule has 0 aromatic carbocycles. The van der Waals surface area contributed by atoms with Crippen LogP contribution in [0.1, 0.15) is 6.42 Å². The molecule has 5 heteroatoms. The SMILES string of the molecule is CNCCC(F)(F)C(F)F. The number of halogens is 4. The van der Waals surface area contributed by atoms with Gasteiger partial charge in [-0.05, 0) is 7.05 Å². The fourth-order valence-corrected chi connectivity index (χ4v) is 0.401.